The number of hydrazone groups is 1. The van der Waals surface area contributed by atoms with E-state index in [2.05, 4.69) is 25.7 Å². The minimum absolute atomic E-state index is 0.109. The Labute approximate surface area is 206 Å². The number of ether oxygens (including phenoxy) is 1. The zero-order valence-corrected chi connectivity index (χ0v) is 20.0. The van der Waals surface area contributed by atoms with Crippen molar-refractivity contribution >= 4 is 35.0 Å². The minimum atomic E-state index is -0.259. The summed E-state index contributed by atoms with van der Waals surface area (Å²) >= 11 is 7.34. The Morgan fingerprint density at radius 3 is 2.56 bits per heavy atom. The van der Waals surface area contributed by atoms with Crippen LogP contribution in [0.4, 0.5) is 0 Å². The molecule has 4 aromatic rings. The van der Waals surface area contributed by atoms with Crippen molar-refractivity contribution < 1.29 is 9.53 Å². The van der Waals surface area contributed by atoms with Crippen LogP contribution in [0.1, 0.15) is 12.5 Å². The fourth-order valence-corrected chi connectivity index (χ4v) is 3.93. The Kier molecular flexibility index (Phi) is 7.56. The Bertz CT molecular complexity index is 1290. The van der Waals surface area contributed by atoms with Crippen LogP contribution < -0.4 is 10.2 Å². The van der Waals surface area contributed by atoms with E-state index in [4.69, 9.17) is 16.3 Å². The van der Waals surface area contributed by atoms with Gasteiger partial charge in [-0.05, 0) is 61.5 Å². The average Bonchev–Trinajstić information content (AvgIpc) is 3.31. The number of hydrogen-bond acceptors (Lipinski definition) is 7. The first kappa shape index (κ1) is 23.5. The van der Waals surface area contributed by atoms with E-state index in [0.717, 1.165) is 22.6 Å². The van der Waals surface area contributed by atoms with Gasteiger partial charge in [0.05, 0.1) is 18.6 Å². The lowest BCUT2D eigenvalue weighted by Crippen LogP contribution is -2.21. The maximum absolute atomic E-state index is 12.4. The molecule has 0 aliphatic rings. The number of halogens is 1. The predicted molar refractivity (Wildman–Crippen MR) is 134 cm³/mol. The van der Waals surface area contributed by atoms with Gasteiger partial charge in [-0.2, -0.15) is 5.10 Å². The zero-order valence-electron chi connectivity index (χ0n) is 18.5. The number of aromatic nitrogens is 4. The molecule has 0 bridgehead atoms. The summed E-state index contributed by atoms with van der Waals surface area (Å²) in [6, 6.07) is 18.6. The first-order valence-corrected chi connectivity index (χ1v) is 11.6. The van der Waals surface area contributed by atoms with Crippen LogP contribution in [-0.4, -0.2) is 44.2 Å². The van der Waals surface area contributed by atoms with Crippen molar-refractivity contribution in [3.05, 3.63) is 83.6 Å². The molecule has 2 aromatic heterocycles. The first-order chi connectivity index (χ1) is 16.5. The first-order valence-electron chi connectivity index (χ1n) is 10.3. The SMILES string of the molecule is COc1ccc(-c2nnc(SCC(=O)N/N=C(/C)c3cccnc3)n2-c2ccc(Cl)cc2)cc1. The van der Waals surface area contributed by atoms with Crippen molar-refractivity contribution in [2.75, 3.05) is 12.9 Å². The fourth-order valence-electron chi connectivity index (χ4n) is 3.06. The molecule has 0 radical (unpaired) electrons. The summed E-state index contributed by atoms with van der Waals surface area (Å²) in [4.78, 5) is 16.5. The van der Waals surface area contributed by atoms with E-state index in [-0.39, 0.29) is 11.7 Å². The van der Waals surface area contributed by atoms with Crippen LogP contribution in [0.3, 0.4) is 0 Å². The average molecular weight is 493 g/mol. The van der Waals surface area contributed by atoms with Gasteiger partial charge in [0.1, 0.15) is 5.75 Å². The highest BCUT2D eigenvalue weighted by Gasteiger charge is 2.17. The van der Waals surface area contributed by atoms with E-state index < -0.39 is 0 Å². The Morgan fingerprint density at radius 1 is 1.12 bits per heavy atom. The van der Waals surface area contributed by atoms with Crippen LogP contribution in [-0.2, 0) is 4.79 Å². The van der Waals surface area contributed by atoms with Crippen LogP contribution in [0.5, 0.6) is 5.75 Å². The van der Waals surface area contributed by atoms with Gasteiger partial charge in [0, 0.05) is 34.2 Å². The van der Waals surface area contributed by atoms with Gasteiger partial charge in [-0.1, -0.05) is 29.4 Å². The number of benzene rings is 2. The highest BCUT2D eigenvalue weighted by Crippen LogP contribution is 2.29. The molecule has 0 saturated heterocycles. The van der Waals surface area contributed by atoms with Crippen molar-refractivity contribution in [1.82, 2.24) is 25.2 Å². The highest BCUT2D eigenvalue weighted by molar-refractivity contribution is 7.99. The number of rotatable bonds is 8. The van der Waals surface area contributed by atoms with Gasteiger partial charge in [-0.3, -0.25) is 14.3 Å². The molecular weight excluding hydrogens is 472 g/mol. The highest BCUT2D eigenvalue weighted by atomic mass is 35.5. The fraction of sp³-hybridized carbons (Fsp3) is 0.125. The third-order valence-electron chi connectivity index (χ3n) is 4.83. The number of nitrogens with one attached hydrogen (secondary N) is 1. The molecule has 10 heteroatoms. The quantitative estimate of drug-likeness (QED) is 0.219. The molecule has 34 heavy (non-hydrogen) atoms. The number of amides is 1. The normalized spacial score (nSPS) is 11.3. The van der Waals surface area contributed by atoms with Crippen LogP contribution in [0.15, 0.2) is 83.3 Å². The van der Waals surface area contributed by atoms with Gasteiger partial charge >= 0.3 is 0 Å². The number of carbonyl (C=O) groups is 1. The molecule has 0 fully saturated rings. The molecule has 0 spiro atoms. The van der Waals surface area contributed by atoms with Gasteiger partial charge in [0.25, 0.3) is 5.91 Å². The number of hydrogen-bond donors (Lipinski definition) is 1. The number of thioether (sulfide) groups is 1. The molecule has 1 N–H and O–H groups in total. The summed E-state index contributed by atoms with van der Waals surface area (Å²) in [5.74, 6) is 1.23. The molecule has 2 heterocycles. The third-order valence-corrected chi connectivity index (χ3v) is 6.01. The van der Waals surface area contributed by atoms with Crippen LogP contribution in [0, 0.1) is 0 Å². The molecule has 0 unspecified atom stereocenters. The molecule has 8 nitrogen and oxygen atoms in total. The number of pyridine rings is 1. The summed E-state index contributed by atoms with van der Waals surface area (Å²) in [6.07, 6.45) is 3.37. The second kappa shape index (κ2) is 11.0. The summed E-state index contributed by atoms with van der Waals surface area (Å²) in [6.45, 7) is 1.81. The van der Waals surface area contributed by atoms with E-state index in [1.165, 1.54) is 11.8 Å². The second-order valence-electron chi connectivity index (χ2n) is 7.11. The van der Waals surface area contributed by atoms with E-state index in [1.54, 1.807) is 31.6 Å². The van der Waals surface area contributed by atoms with Gasteiger partial charge in [0.2, 0.25) is 0 Å². The lowest BCUT2D eigenvalue weighted by Gasteiger charge is -2.11. The van der Waals surface area contributed by atoms with E-state index in [9.17, 15) is 4.79 Å². The van der Waals surface area contributed by atoms with Crippen molar-refractivity contribution in [3.63, 3.8) is 0 Å². The lowest BCUT2D eigenvalue weighted by atomic mass is 10.2. The van der Waals surface area contributed by atoms with Crippen molar-refractivity contribution in [3.8, 4) is 22.8 Å². The number of methoxy groups -OCH3 is 1. The second-order valence-corrected chi connectivity index (χ2v) is 8.49. The maximum atomic E-state index is 12.4. The largest absolute Gasteiger partial charge is 0.497 e. The molecule has 0 saturated carbocycles. The maximum Gasteiger partial charge on any atom is 0.250 e. The monoisotopic (exact) mass is 492 g/mol. The third kappa shape index (κ3) is 5.62. The van der Waals surface area contributed by atoms with Gasteiger partial charge in [-0.25, -0.2) is 5.43 Å². The summed E-state index contributed by atoms with van der Waals surface area (Å²) in [5, 5.41) is 14.1. The van der Waals surface area contributed by atoms with Crippen LogP contribution in [0.25, 0.3) is 17.1 Å². The van der Waals surface area contributed by atoms with Gasteiger partial charge in [-0.15, -0.1) is 10.2 Å². The molecule has 172 valence electrons. The van der Waals surface area contributed by atoms with Crippen molar-refractivity contribution in [2.24, 2.45) is 5.10 Å². The predicted octanol–water partition coefficient (Wildman–Crippen LogP) is 4.62. The molecule has 0 aliphatic heterocycles. The van der Waals surface area contributed by atoms with Crippen molar-refractivity contribution in [2.45, 2.75) is 12.1 Å². The Balaban J connectivity index is 1.54. The lowest BCUT2D eigenvalue weighted by molar-refractivity contribution is -0.118. The molecule has 2 aromatic carbocycles. The smallest absolute Gasteiger partial charge is 0.250 e. The van der Waals surface area contributed by atoms with Crippen LogP contribution in [0.2, 0.25) is 5.02 Å². The van der Waals surface area contributed by atoms with Crippen LogP contribution >= 0.6 is 23.4 Å². The minimum Gasteiger partial charge on any atom is -0.497 e. The molecule has 0 atom stereocenters. The molecular formula is C24H21ClN6O2S. The summed E-state index contributed by atoms with van der Waals surface area (Å²) in [5.41, 5.74) is 5.77. The van der Waals surface area contributed by atoms with E-state index >= 15 is 0 Å². The standard InChI is InChI=1S/C24H21ClN6O2S/c1-16(18-4-3-13-26-14-18)27-28-22(32)15-34-24-30-29-23(17-5-11-21(33-2)12-6-17)31(24)20-9-7-19(25)8-10-20/h3-14H,15H2,1-2H3,(H,28,32)/b27-16-. The summed E-state index contributed by atoms with van der Waals surface area (Å²) in [7, 11) is 1.62. The summed E-state index contributed by atoms with van der Waals surface area (Å²) < 4.78 is 7.14. The van der Waals surface area contributed by atoms with Gasteiger partial charge in [0.15, 0.2) is 11.0 Å². The number of nitrogens with zero attached hydrogens (tertiary/aromatic N) is 5. The molecule has 4 rings (SSSR count). The Hall–Kier alpha value is -3.69. The Morgan fingerprint density at radius 2 is 1.88 bits per heavy atom. The van der Waals surface area contributed by atoms with E-state index in [1.807, 2.05) is 60.0 Å². The van der Waals surface area contributed by atoms with E-state index in [0.29, 0.717) is 21.7 Å². The molecule has 0 aliphatic carbocycles. The van der Waals surface area contributed by atoms with Crippen molar-refractivity contribution in [1.29, 1.82) is 0 Å². The topological polar surface area (TPSA) is 94.3 Å². The number of carbonyl (C=O) groups excluding carboxylic acids is 1. The zero-order chi connectivity index (χ0) is 23.9. The van der Waals surface area contributed by atoms with Gasteiger partial charge < -0.3 is 4.74 Å². The molecule has 1 amide bonds.